The molecule has 0 unspecified atom stereocenters. The van der Waals surface area contributed by atoms with Crippen LogP contribution in [0.25, 0.3) is 0 Å². The van der Waals surface area contributed by atoms with Gasteiger partial charge < -0.3 is 15.3 Å². The predicted molar refractivity (Wildman–Crippen MR) is 86.5 cm³/mol. The minimum absolute atomic E-state index is 0.0582. The number of carbonyl (C=O) groups excluding carboxylic acids is 1. The van der Waals surface area contributed by atoms with Crippen molar-refractivity contribution in [2.45, 2.75) is 38.6 Å². The Bertz CT molecular complexity index is 722. The molecular weight excluding hydrogens is 308 g/mol. The van der Waals surface area contributed by atoms with Crippen molar-refractivity contribution < 1.29 is 14.7 Å². The van der Waals surface area contributed by atoms with Crippen LogP contribution in [0.4, 0.5) is 5.82 Å². The predicted octanol–water partition coefficient (Wildman–Crippen LogP) is 1.13. The highest BCUT2D eigenvalue weighted by Crippen LogP contribution is 2.38. The van der Waals surface area contributed by atoms with Gasteiger partial charge in [-0.3, -0.25) is 9.59 Å². The molecule has 1 aromatic rings. The molecule has 2 saturated heterocycles. The van der Waals surface area contributed by atoms with Crippen molar-refractivity contribution in [1.29, 1.82) is 5.26 Å². The first-order valence-electron chi connectivity index (χ1n) is 8.03. The molecule has 1 spiro atoms. The minimum atomic E-state index is -0.912. The van der Waals surface area contributed by atoms with Crippen LogP contribution in [-0.4, -0.2) is 40.6 Å². The number of aryl methyl sites for hydroxylation is 2. The van der Waals surface area contributed by atoms with Gasteiger partial charge in [0.2, 0.25) is 5.91 Å². The number of carbonyl (C=O) groups is 2. The monoisotopic (exact) mass is 328 g/mol. The molecule has 126 valence electrons. The van der Waals surface area contributed by atoms with E-state index >= 15 is 0 Å². The van der Waals surface area contributed by atoms with Gasteiger partial charge in [0, 0.05) is 19.5 Å². The van der Waals surface area contributed by atoms with Crippen molar-refractivity contribution in [2.75, 3.05) is 18.0 Å². The lowest BCUT2D eigenvalue weighted by atomic mass is 9.77. The number of piperidine rings is 1. The largest absolute Gasteiger partial charge is 0.481 e. The van der Waals surface area contributed by atoms with Gasteiger partial charge in [0.05, 0.1) is 22.7 Å². The zero-order valence-electron chi connectivity index (χ0n) is 13.8. The standard InChI is InChI=1S/C17H20N4O3/c1-10-7-14(19-11(2)12(10)9-18)21-5-3-17(4-6-21)13(16(23)24)8-15(22)20-17/h7,13H,3-6,8H2,1-2H3,(H,20,22)(H,23,24)/t13-/m1/s1. The fraction of sp³-hybridized carbons (Fsp3) is 0.529. The molecule has 7 nitrogen and oxygen atoms in total. The number of rotatable bonds is 2. The highest BCUT2D eigenvalue weighted by Gasteiger charge is 2.51. The third-order valence-corrected chi connectivity index (χ3v) is 5.22. The molecule has 1 atom stereocenters. The van der Waals surface area contributed by atoms with Crippen molar-refractivity contribution >= 4 is 17.7 Å². The van der Waals surface area contributed by atoms with Gasteiger partial charge >= 0.3 is 5.97 Å². The molecule has 3 rings (SSSR count). The molecule has 1 aromatic heterocycles. The number of hydrogen-bond acceptors (Lipinski definition) is 5. The molecule has 2 fully saturated rings. The summed E-state index contributed by atoms with van der Waals surface area (Å²) in [5, 5.41) is 21.5. The minimum Gasteiger partial charge on any atom is -0.481 e. The Labute approximate surface area is 140 Å². The van der Waals surface area contributed by atoms with Gasteiger partial charge in [-0.05, 0) is 38.3 Å². The van der Waals surface area contributed by atoms with Crippen LogP contribution in [0.3, 0.4) is 0 Å². The molecule has 0 bridgehead atoms. The van der Waals surface area contributed by atoms with Crippen LogP contribution >= 0.6 is 0 Å². The molecule has 0 aromatic carbocycles. The zero-order chi connectivity index (χ0) is 17.5. The van der Waals surface area contributed by atoms with E-state index in [1.165, 1.54) is 0 Å². The van der Waals surface area contributed by atoms with E-state index in [9.17, 15) is 14.7 Å². The first kappa shape index (κ1) is 16.2. The number of nitriles is 1. The Kier molecular flexibility index (Phi) is 3.91. The molecule has 3 heterocycles. The van der Waals surface area contributed by atoms with Crippen molar-refractivity contribution in [2.24, 2.45) is 5.92 Å². The van der Waals surface area contributed by atoms with Crippen molar-refractivity contribution in [1.82, 2.24) is 10.3 Å². The van der Waals surface area contributed by atoms with Crippen molar-refractivity contribution in [3.05, 3.63) is 22.9 Å². The zero-order valence-corrected chi connectivity index (χ0v) is 13.8. The Morgan fingerprint density at radius 3 is 2.67 bits per heavy atom. The quantitative estimate of drug-likeness (QED) is 0.843. The summed E-state index contributed by atoms with van der Waals surface area (Å²) in [5.74, 6) is -0.955. The third kappa shape index (κ3) is 2.58. The number of anilines is 1. The highest BCUT2D eigenvalue weighted by molar-refractivity contribution is 5.88. The van der Waals surface area contributed by atoms with E-state index in [0.29, 0.717) is 37.2 Å². The second-order valence-corrected chi connectivity index (χ2v) is 6.66. The van der Waals surface area contributed by atoms with Crippen LogP contribution in [0.15, 0.2) is 6.07 Å². The second-order valence-electron chi connectivity index (χ2n) is 6.66. The first-order valence-corrected chi connectivity index (χ1v) is 8.03. The Morgan fingerprint density at radius 1 is 1.46 bits per heavy atom. The topological polar surface area (TPSA) is 106 Å². The number of aromatic nitrogens is 1. The number of carboxylic acids is 1. The molecule has 1 amide bonds. The molecule has 2 aliphatic rings. The fourth-order valence-corrected chi connectivity index (χ4v) is 3.87. The number of nitrogens with one attached hydrogen (secondary N) is 1. The number of hydrogen-bond donors (Lipinski definition) is 2. The van der Waals surface area contributed by atoms with Gasteiger partial charge in [-0.2, -0.15) is 5.26 Å². The Morgan fingerprint density at radius 2 is 2.12 bits per heavy atom. The normalized spacial score (nSPS) is 22.3. The number of pyridine rings is 1. The summed E-state index contributed by atoms with van der Waals surface area (Å²) in [6.07, 6.45) is 1.22. The molecular formula is C17H20N4O3. The number of nitrogens with zero attached hydrogens (tertiary/aromatic N) is 3. The van der Waals surface area contributed by atoms with E-state index in [4.69, 9.17) is 5.26 Å². The van der Waals surface area contributed by atoms with Crippen LogP contribution in [0, 0.1) is 31.1 Å². The first-order chi connectivity index (χ1) is 11.4. The molecule has 2 N–H and O–H groups in total. The summed E-state index contributed by atoms with van der Waals surface area (Å²) in [4.78, 5) is 29.8. The number of carboxylic acid groups (broad SMARTS) is 1. The molecule has 0 aliphatic carbocycles. The molecule has 2 aliphatic heterocycles. The Hall–Kier alpha value is -2.62. The third-order valence-electron chi connectivity index (χ3n) is 5.22. The van der Waals surface area contributed by atoms with Gasteiger partial charge in [0.1, 0.15) is 11.9 Å². The van der Waals surface area contributed by atoms with Gasteiger partial charge in [-0.15, -0.1) is 0 Å². The van der Waals surface area contributed by atoms with E-state index in [1.807, 2.05) is 19.9 Å². The van der Waals surface area contributed by atoms with Crippen LogP contribution in [0.1, 0.15) is 36.1 Å². The summed E-state index contributed by atoms with van der Waals surface area (Å²) < 4.78 is 0. The molecule has 0 radical (unpaired) electrons. The average molecular weight is 328 g/mol. The maximum absolute atomic E-state index is 11.7. The summed E-state index contributed by atoms with van der Waals surface area (Å²) in [7, 11) is 0. The highest BCUT2D eigenvalue weighted by atomic mass is 16.4. The summed E-state index contributed by atoms with van der Waals surface area (Å²) in [5.41, 5.74) is 1.54. The van der Waals surface area contributed by atoms with Gasteiger partial charge in [0.15, 0.2) is 0 Å². The lowest BCUT2D eigenvalue weighted by molar-refractivity contribution is -0.144. The van der Waals surface area contributed by atoms with Crippen LogP contribution in [0.2, 0.25) is 0 Å². The van der Waals surface area contributed by atoms with Crippen LogP contribution in [-0.2, 0) is 9.59 Å². The smallest absolute Gasteiger partial charge is 0.309 e. The summed E-state index contributed by atoms with van der Waals surface area (Å²) >= 11 is 0. The second kappa shape index (κ2) is 5.78. The van der Waals surface area contributed by atoms with Crippen molar-refractivity contribution in [3.63, 3.8) is 0 Å². The lowest BCUT2D eigenvalue weighted by Crippen LogP contribution is -2.55. The molecule has 7 heteroatoms. The summed E-state index contributed by atoms with van der Waals surface area (Å²) in [6.45, 7) is 4.96. The van der Waals surface area contributed by atoms with E-state index in [-0.39, 0.29) is 12.3 Å². The number of amides is 1. The van der Waals surface area contributed by atoms with Gasteiger partial charge in [-0.25, -0.2) is 4.98 Å². The van der Waals surface area contributed by atoms with Crippen molar-refractivity contribution in [3.8, 4) is 6.07 Å². The van der Waals surface area contributed by atoms with Gasteiger partial charge in [-0.1, -0.05) is 0 Å². The van der Waals surface area contributed by atoms with E-state index in [2.05, 4.69) is 21.3 Å². The SMILES string of the molecule is Cc1cc(N2CCC3(CC2)NC(=O)C[C@@H]3C(=O)O)nc(C)c1C#N. The summed E-state index contributed by atoms with van der Waals surface area (Å²) in [6, 6.07) is 4.06. The maximum atomic E-state index is 11.7. The van der Waals surface area contributed by atoms with E-state index < -0.39 is 17.4 Å². The van der Waals surface area contributed by atoms with Crippen LogP contribution in [0.5, 0.6) is 0 Å². The Balaban J connectivity index is 1.80. The van der Waals surface area contributed by atoms with Gasteiger partial charge in [0.25, 0.3) is 0 Å². The fourth-order valence-electron chi connectivity index (χ4n) is 3.87. The maximum Gasteiger partial charge on any atom is 0.309 e. The average Bonchev–Trinajstić information content (AvgIpc) is 2.84. The van der Waals surface area contributed by atoms with E-state index in [1.54, 1.807) is 0 Å². The molecule has 24 heavy (non-hydrogen) atoms. The van der Waals surface area contributed by atoms with E-state index in [0.717, 1.165) is 11.4 Å². The lowest BCUT2D eigenvalue weighted by Gasteiger charge is -2.42. The van der Waals surface area contributed by atoms with Crippen LogP contribution < -0.4 is 10.2 Å². The molecule has 0 saturated carbocycles. The number of aliphatic carboxylic acids is 1.